The molecule has 1 aromatic heterocycles. The van der Waals surface area contributed by atoms with Crippen molar-refractivity contribution in [1.82, 2.24) is 9.88 Å². The summed E-state index contributed by atoms with van der Waals surface area (Å²) in [6.07, 6.45) is 3.11. The second kappa shape index (κ2) is 7.09. The summed E-state index contributed by atoms with van der Waals surface area (Å²) in [6.45, 7) is 7.48. The van der Waals surface area contributed by atoms with Gasteiger partial charge in [0.2, 0.25) is 5.39 Å². The van der Waals surface area contributed by atoms with Crippen LogP contribution < -0.4 is 5.11 Å². The standard InChI is InChI=1S/C16H22N4O/c1-3-9-20(10-4-2)11-8-12-6-5-7-13-14(12)15(19-17)16(21)18-13/h5-7,17H,3-4,8-11H2,1-2H3. The average Bonchev–Trinajstić information content (AvgIpc) is 2.81. The number of diazo groups is 1. The third kappa shape index (κ3) is 3.34. The lowest BCUT2D eigenvalue weighted by atomic mass is 10.1. The molecule has 0 saturated heterocycles. The van der Waals surface area contributed by atoms with E-state index in [-0.39, 0.29) is 11.6 Å². The van der Waals surface area contributed by atoms with E-state index in [0.29, 0.717) is 0 Å². The third-order valence-electron chi connectivity index (χ3n) is 3.73. The summed E-state index contributed by atoms with van der Waals surface area (Å²) in [5, 5.41) is 21.6. The molecule has 0 bridgehead atoms. The van der Waals surface area contributed by atoms with Crippen LogP contribution in [-0.2, 0) is 6.42 Å². The van der Waals surface area contributed by atoms with Gasteiger partial charge >= 0.3 is 5.69 Å². The molecular weight excluding hydrogens is 264 g/mol. The second-order valence-electron chi connectivity index (χ2n) is 5.33. The quantitative estimate of drug-likeness (QED) is 0.793. The molecule has 5 heteroatoms. The molecule has 2 rings (SSSR count). The summed E-state index contributed by atoms with van der Waals surface area (Å²) in [5.74, 6) is -0.334. The third-order valence-corrected chi connectivity index (χ3v) is 3.73. The number of rotatable bonds is 7. The highest BCUT2D eigenvalue weighted by Crippen LogP contribution is 2.36. The van der Waals surface area contributed by atoms with Crippen molar-refractivity contribution in [2.75, 3.05) is 19.6 Å². The van der Waals surface area contributed by atoms with E-state index >= 15 is 0 Å². The van der Waals surface area contributed by atoms with E-state index in [1.807, 2.05) is 18.2 Å². The van der Waals surface area contributed by atoms with Crippen LogP contribution >= 0.6 is 0 Å². The number of nitrogens with one attached hydrogen (secondary N) is 1. The van der Waals surface area contributed by atoms with Gasteiger partial charge in [-0.3, -0.25) is 0 Å². The van der Waals surface area contributed by atoms with Crippen LogP contribution in [0.15, 0.2) is 18.2 Å². The van der Waals surface area contributed by atoms with Gasteiger partial charge in [-0.15, -0.1) is 0 Å². The van der Waals surface area contributed by atoms with Crippen LogP contribution in [0.25, 0.3) is 15.9 Å². The van der Waals surface area contributed by atoms with E-state index < -0.39 is 0 Å². The van der Waals surface area contributed by atoms with Gasteiger partial charge in [0, 0.05) is 6.54 Å². The van der Waals surface area contributed by atoms with Crippen LogP contribution in [0.2, 0.25) is 0 Å². The molecule has 21 heavy (non-hydrogen) atoms. The number of aromatic amines is 1. The Labute approximate surface area is 125 Å². The number of H-pyrrole nitrogens is 1. The number of aromatic nitrogens is 1. The van der Waals surface area contributed by atoms with Crippen molar-refractivity contribution in [3.05, 3.63) is 28.7 Å². The molecule has 0 aliphatic heterocycles. The molecule has 5 nitrogen and oxygen atoms in total. The van der Waals surface area contributed by atoms with Gasteiger partial charge < -0.3 is 15.0 Å². The molecule has 2 aromatic rings. The highest BCUT2D eigenvalue weighted by molar-refractivity contribution is 5.98. The Morgan fingerprint density at radius 1 is 1.19 bits per heavy atom. The first-order valence-electron chi connectivity index (χ1n) is 7.59. The summed E-state index contributed by atoms with van der Waals surface area (Å²) >= 11 is 0. The maximum atomic E-state index is 11.7. The van der Waals surface area contributed by atoms with Gasteiger partial charge in [-0.1, -0.05) is 26.0 Å². The molecule has 0 fully saturated rings. The Hall–Kier alpha value is -2.06. The lowest BCUT2D eigenvalue weighted by molar-refractivity contribution is -0.272. The summed E-state index contributed by atoms with van der Waals surface area (Å²) in [5.41, 5.74) is 1.91. The SMILES string of the molecule is CCCN(CCC)CCc1cccc2[nH]c([O-])c([N+]#N)c12. The molecule has 0 saturated carbocycles. The fourth-order valence-electron chi connectivity index (χ4n) is 2.83. The predicted octanol–water partition coefficient (Wildman–Crippen LogP) is 3.39. The highest BCUT2D eigenvalue weighted by atomic mass is 16.3. The smallest absolute Gasteiger partial charge is 0.402 e. The van der Waals surface area contributed by atoms with Gasteiger partial charge in [0.05, 0.1) is 16.8 Å². The number of nitrogens with zero attached hydrogens (tertiary/aromatic N) is 3. The zero-order chi connectivity index (χ0) is 15.2. The van der Waals surface area contributed by atoms with Crippen molar-refractivity contribution < 1.29 is 5.11 Å². The number of hydrogen-bond acceptors (Lipinski definition) is 3. The van der Waals surface area contributed by atoms with Crippen LogP contribution in [0.1, 0.15) is 32.3 Å². The first-order chi connectivity index (χ1) is 10.2. The lowest BCUT2D eigenvalue weighted by Gasteiger charge is -2.20. The van der Waals surface area contributed by atoms with Crippen molar-refractivity contribution in [1.29, 1.82) is 5.39 Å². The predicted molar refractivity (Wildman–Crippen MR) is 83.2 cm³/mol. The van der Waals surface area contributed by atoms with Gasteiger partial charge in [-0.05, 0) is 44.0 Å². The van der Waals surface area contributed by atoms with Crippen molar-refractivity contribution >= 4 is 16.6 Å². The molecule has 1 aromatic carbocycles. The Morgan fingerprint density at radius 2 is 1.90 bits per heavy atom. The van der Waals surface area contributed by atoms with Crippen molar-refractivity contribution in [3.8, 4) is 5.88 Å². The van der Waals surface area contributed by atoms with E-state index in [0.717, 1.165) is 55.4 Å². The Kier molecular flexibility index (Phi) is 5.18. The van der Waals surface area contributed by atoms with Gasteiger partial charge in [0.25, 0.3) is 0 Å². The fourth-order valence-corrected chi connectivity index (χ4v) is 2.83. The Balaban J connectivity index is 2.24. The summed E-state index contributed by atoms with van der Waals surface area (Å²) < 4.78 is 0. The topological polar surface area (TPSA) is 70.2 Å². The molecular formula is C16H22N4O. The number of fused-ring (bicyclic) bond motifs is 1. The van der Waals surface area contributed by atoms with Gasteiger partial charge in [-0.25, -0.2) is 0 Å². The van der Waals surface area contributed by atoms with Crippen LogP contribution in [0.3, 0.4) is 0 Å². The molecule has 0 spiro atoms. The highest BCUT2D eigenvalue weighted by Gasteiger charge is 2.19. The molecule has 0 atom stereocenters. The van der Waals surface area contributed by atoms with Crippen molar-refractivity contribution in [3.63, 3.8) is 0 Å². The van der Waals surface area contributed by atoms with E-state index in [1.54, 1.807) is 0 Å². The zero-order valence-corrected chi connectivity index (χ0v) is 12.7. The van der Waals surface area contributed by atoms with Crippen LogP contribution in [0.5, 0.6) is 5.88 Å². The molecule has 1 N–H and O–H groups in total. The van der Waals surface area contributed by atoms with Crippen LogP contribution in [-0.4, -0.2) is 29.5 Å². The molecule has 0 radical (unpaired) electrons. The lowest BCUT2D eigenvalue weighted by Crippen LogP contribution is -2.27. The minimum Gasteiger partial charge on any atom is -0.855 e. The Morgan fingerprint density at radius 3 is 2.52 bits per heavy atom. The molecule has 1 heterocycles. The zero-order valence-electron chi connectivity index (χ0n) is 12.7. The molecule has 112 valence electrons. The van der Waals surface area contributed by atoms with Gasteiger partial charge in [-0.2, -0.15) is 0 Å². The van der Waals surface area contributed by atoms with Crippen molar-refractivity contribution in [2.24, 2.45) is 0 Å². The Bertz CT molecular complexity index is 635. The van der Waals surface area contributed by atoms with Gasteiger partial charge in [0.15, 0.2) is 4.98 Å². The monoisotopic (exact) mass is 286 g/mol. The minimum atomic E-state index is -0.334. The van der Waals surface area contributed by atoms with Crippen molar-refractivity contribution in [2.45, 2.75) is 33.1 Å². The summed E-state index contributed by atoms with van der Waals surface area (Å²) in [6, 6.07) is 5.77. The number of benzene rings is 1. The number of hydrogen-bond donors (Lipinski definition) is 1. The van der Waals surface area contributed by atoms with E-state index in [9.17, 15) is 5.11 Å². The molecule has 0 unspecified atom stereocenters. The molecule has 0 aliphatic rings. The van der Waals surface area contributed by atoms with Crippen LogP contribution in [0, 0.1) is 5.39 Å². The van der Waals surface area contributed by atoms with E-state index in [1.165, 1.54) is 0 Å². The largest absolute Gasteiger partial charge is 0.855 e. The van der Waals surface area contributed by atoms with Gasteiger partial charge in [0.1, 0.15) is 0 Å². The average molecular weight is 286 g/mol. The fraction of sp³-hybridized carbons (Fsp3) is 0.500. The minimum absolute atomic E-state index is 0.123. The molecule has 0 amide bonds. The normalized spacial score (nSPS) is 11.1. The first-order valence-corrected chi connectivity index (χ1v) is 7.59. The maximum absolute atomic E-state index is 11.7. The van der Waals surface area contributed by atoms with E-state index in [2.05, 4.69) is 28.7 Å². The summed E-state index contributed by atoms with van der Waals surface area (Å²) in [4.78, 5) is 8.32. The second-order valence-corrected chi connectivity index (χ2v) is 5.33. The van der Waals surface area contributed by atoms with Crippen LogP contribution in [0.4, 0.5) is 5.69 Å². The summed E-state index contributed by atoms with van der Waals surface area (Å²) in [7, 11) is 0. The maximum Gasteiger partial charge on any atom is 0.402 e. The first kappa shape index (κ1) is 15.3. The van der Waals surface area contributed by atoms with E-state index in [4.69, 9.17) is 5.39 Å². The molecule has 0 aliphatic carbocycles.